The van der Waals surface area contributed by atoms with E-state index in [0.717, 1.165) is 44.3 Å². The van der Waals surface area contributed by atoms with E-state index < -0.39 is 0 Å². The van der Waals surface area contributed by atoms with Gasteiger partial charge in [-0.3, -0.25) is 0 Å². The van der Waals surface area contributed by atoms with Crippen LogP contribution >= 0.6 is 35.3 Å². The number of ether oxygens (including phenoxy) is 1. The molecule has 0 amide bonds. The van der Waals surface area contributed by atoms with Gasteiger partial charge in [0, 0.05) is 31.0 Å². The van der Waals surface area contributed by atoms with E-state index in [1.807, 2.05) is 12.1 Å². The maximum absolute atomic E-state index is 5.80. The molecule has 2 N–H and O–H groups in total. The lowest BCUT2D eigenvalue weighted by Crippen LogP contribution is -2.40. The molecule has 7 heteroatoms. The highest BCUT2D eigenvalue weighted by atomic mass is 127. The van der Waals surface area contributed by atoms with Crippen LogP contribution in [0.15, 0.2) is 45.3 Å². The first-order valence-electron chi connectivity index (χ1n) is 9.09. The Balaban J connectivity index is 0.00000243. The summed E-state index contributed by atoms with van der Waals surface area (Å²) in [6.45, 7) is 3.28. The summed E-state index contributed by atoms with van der Waals surface area (Å²) in [6.07, 6.45) is 7.63. The van der Waals surface area contributed by atoms with E-state index in [2.05, 4.69) is 28.1 Å². The first-order chi connectivity index (χ1) is 12.4. The molecule has 0 aliphatic carbocycles. The molecule has 0 saturated carbocycles. The van der Waals surface area contributed by atoms with E-state index in [-0.39, 0.29) is 24.0 Å². The SMILES string of the molecule is I.c1coc(CCNC(=NCc2cccs2)NCCC2CCCCO2)c1. The van der Waals surface area contributed by atoms with Gasteiger partial charge in [-0.05, 0) is 49.3 Å². The van der Waals surface area contributed by atoms with Gasteiger partial charge in [-0.1, -0.05) is 6.07 Å². The molecular formula is C19H28IN3O2S. The minimum atomic E-state index is 0. The van der Waals surface area contributed by atoms with Gasteiger partial charge in [-0.25, -0.2) is 4.99 Å². The van der Waals surface area contributed by atoms with Crippen molar-refractivity contribution in [2.45, 2.75) is 44.8 Å². The zero-order valence-corrected chi connectivity index (χ0v) is 18.1. The van der Waals surface area contributed by atoms with Crippen LogP contribution in [0.4, 0.5) is 0 Å². The van der Waals surface area contributed by atoms with Gasteiger partial charge in [-0.15, -0.1) is 35.3 Å². The second-order valence-electron chi connectivity index (χ2n) is 6.20. The average Bonchev–Trinajstić information content (AvgIpc) is 3.34. The number of furan rings is 1. The number of aliphatic imine (C=N–C) groups is 1. The number of hydrogen-bond acceptors (Lipinski definition) is 4. The third-order valence-corrected chi connectivity index (χ3v) is 5.11. The highest BCUT2D eigenvalue weighted by molar-refractivity contribution is 14.0. The predicted molar refractivity (Wildman–Crippen MR) is 117 cm³/mol. The fraction of sp³-hybridized carbons (Fsp3) is 0.526. The topological polar surface area (TPSA) is 58.8 Å². The number of nitrogens with one attached hydrogen (secondary N) is 2. The Morgan fingerprint density at radius 1 is 1.19 bits per heavy atom. The molecular weight excluding hydrogens is 461 g/mol. The van der Waals surface area contributed by atoms with E-state index in [1.54, 1.807) is 17.6 Å². The van der Waals surface area contributed by atoms with Crippen molar-refractivity contribution in [3.05, 3.63) is 46.5 Å². The predicted octanol–water partition coefficient (Wildman–Crippen LogP) is 4.20. The second kappa shape index (κ2) is 12.3. The van der Waals surface area contributed by atoms with Gasteiger partial charge in [0.15, 0.2) is 5.96 Å². The van der Waals surface area contributed by atoms with Crippen molar-refractivity contribution in [3.8, 4) is 0 Å². The monoisotopic (exact) mass is 489 g/mol. The number of hydrogen-bond donors (Lipinski definition) is 2. The molecule has 0 aromatic carbocycles. The Hall–Kier alpha value is -1.06. The van der Waals surface area contributed by atoms with Gasteiger partial charge in [-0.2, -0.15) is 0 Å². The van der Waals surface area contributed by atoms with Crippen molar-refractivity contribution in [2.75, 3.05) is 19.7 Å². The molecule has 1 aliphatic rings. The first-order valence-corrected chi connectivity index (χ1v) is 9.96. The van der Waals surface area contributed by atoms with E-state index in [1.165, 1.54) is 24.1 Å². The van der Waals surface area contributed by atoms with Crippen molar-refractivity contribution < 1.29 is 9.15 Å². The lowest BCUT2D eigenvalue weighted by atomic mass is 10.1. The van der Waals surface area contributed by atoms with Crippen molar-refractivity contribution in [1.82, 2.24) is 10.6 Å². The molecule has 1 atom stereocenters. The van der Waals surface area contributed by atoms with Crippen LogP contribution in [0, 0.1) is 0 Å². The van der Waals surface area contributed by atoms with Crippen molar-refractivity contribution in [1.29, 1.82) is 0 Å². The van der Waals surface area contributed by atoms with Crippen LogP contribution in [0.5, 0.6) is 0 Å². The van der Waals surface area contributed by atoms with Crippen LogP contribution in [0.1, 0.15) is 36.3 Å². The molecule has 0 spiro atoms. The summed E-state index contributed by atoms with van der Waals surface area (Å²) in [5.74, 6) is 1.84. The summed E-state index contributed by atoms with van der Waals surface area (Å²) in [5.41, 5.74) is 0. The quantitative estimate of drug-likeness (QED) is 0.332. The van der Waals surface area contributed by atoms with E-state index in [0.29, 0.717) is 12.6 Å². The number of halogens is 1. The number of rotatable bonds is 8. The Morgan fingerprint density at radius 3 is 2.85 bits per heavy atom. The largest absolute Gasteiger partial charge is 0.469 e. The smallest absolute Gasteiger partial charge is 0.191 e. The molecule has 3 heterocycles. The van der Waals surface area contributed by atoms with Gasteiger partial charge in [0.2, 0.25) is 0 Å². The first kappa shape index (κ1) is 21.2. The van der Waals surface area contributed by atoms with Crippen LogP contribution in [0.2, 0.25) is 0 Å². The minimum absolute atomic E-state index is 0. The van der Waals surface area contributed by atoms with Crippen LogP contribution in [-0.2, 0) is 17.7 Å². The molecule has 1 saturated heterocycles. The summed E-state index contributed by atoms with van der Waals surface area (Å²) < 4.78 is 11.2. The summed E-state index contributed by atoms with van der Waals surface area (Å²) in [4.78, 5) is 5.97. The maximum atomic E-state index is 5.80. The minimum Gasteiger partial charge on any atom is -0.469 e. The Bertz CT molecular complexity index is 611. The Labute approximate surface area is 176 Å². The number of guanidine groups is 1. The fourth-order valence-corrected chi connectivity index (χ4v) is 3.51. The molecule has 144 valence electrons. The molecule has 2 aromatic heterocycles. The summed E-state index contributed by atoms with van der Waals surface area (Å²) >= 11 is 1.74. The van der Waals surface area contributed by atoms with Crippen LogP contribution in [0.25, 0.3) is 0 Å². The molecule has 3 rings (SSSR count). The van der Waals surface area contributed by atoms with Crippen LogP contribution < -0.4 is 10.6 Å². The normalized spacial score (nSPS) is 17.5. The van der Waals surface area contributed by atoms with Gasteiger partial charge in [0.25, 0.3) is 0 Å². The van der Waals surface area contributed by atoms with Crippen molar-refractivity contribution in [3.63, 3.8) is 0 Å². The number of thiophene rings is 1. The molecule has 1 fully saturated rings. The van der Waals surface area contributed by atoms with Crippen LogP contribution in [-0.4, -0.2) is 31.8 Å². The van der Waals surface area contributed by atoms with E-state index in [9.17, 15) is 0 Å². The molecule has 0 bridgehead atoms. The Kier molecular flexibility index (Phi) is 10.1. The lowest BCUT2D eigenvalue weighted by molar-refractivity contribution is 0.0122. The third kappa shape index (κ3) is 7.67. The van der Waals surface area contributed by atoms with Gasteiger partial charge in [0.1, 0.15) is 5.76 Å². The highest BCUT2D eigenvalue weighted by Gasteiger charge is 2.13. The average molecular weight is 489 g/mol. The van der Waals surface area contributed by atoms with E-state index in [4.69, 9.17) is 14.1 Å². The van der Waals surface area contributed by atoms with Crippen molar-refractivity contribution in [2.24, 2.45) is 4.99 Å². The zero-order chi connectivity index (χ0) is 17.2. The summed E-state index contributed by atoms with van der Waals surface area (Å²) in [7, 11) is 0. The highest BCUT2D eigenvalue weighted by Crippen LogP contribution is 2.14. The van der Waals surface area contributed by atoms with Gasteiger partial charge >= 0.3 is 0 Å². The van der Waals surface area contributed by atoms with Crippen molar-refractivity contribution >= 4 is 41.3 Å². The van der Waals surface area contributed by atoms with Gasteiger partial charge < -0.3 is 19.8 Å². The summed E-state index contributed by atoms with van der Waals surface area (Å²) in [6, 6.07) is 8.10. The standard InChI is InChI=1S/C19H27N3O2S.HI/c1-2-12-23-16(5-1)8-10-20-19(22-15-18-7-4-14-25-18)21-11-9-17-6-3-13-24-17;/h3-4,6-7,13-14,16H,1-2,5,8-12,15H2,(H2,20,21,22);1H. The fourth-order valence-electron chi connectivity index (χ4n) is 2.88. The molecule has 0 radical (unpaired) electrons. The van der Waals surface area contributed by atoms with Crippen LogP contribution in [0.3, 0.4) is 0 Å². The molecule has 1 unspecified atom stereocenters. The Morgan fingerprint density at radius 2 is 2.12 bits per heavy atom. The van der Waals surface area contributed by atoms with E-state index >= 15 is 0 Å². The second-order valence-corrected chi connectivity index (χ2v) is 7.24. The number of nitrogens with zero attached hydrogens (tertiary/aromatic N) is 1. The zero-order valence-electron chi connectivity index (χ0n) is 15.0. The van der Waals surface area contributed by atoms with Gasteiger partial charge in [0.05, 0.1) is 18.9 Å². The summed E-state index contributed by atoms with van der Waals surface area (Å²) in [5, 5.41) is 8.93. The molecule has 2 aromatic rings. The lowest BCUT2D eigenvalue weighted by Gasteiger charge is -2.23. The molecule has 1 aliphatic heterocycles. The molecule has 5 nitrogen and oxygen atoms in total. The third-order valence-electron chi connectivity index (χ3n) is 4.25. The maximum Gasteiger partial charge on any atom is 0.191 e. The molecule has 26 heavy (non-hydrogen) atoms.